The molecule has 0 atom stereocenters. The summed E-state index contributed by atoms with van der Waals surface area (Å²) in [4.78, 5) is 40.0. The maximum absolute atomic E-state index is 12.8. The van der Waals surface area contributed by atoms with Gasteiger partial charge in [-0.1, -0.05) is 0 Å². The van der Waals surface area contributed by atoms with E-state index in [-0.39, 0.29) is 17.7 Å². The van der Waals surface area contributed by atoms with E-state index in [1.807, 2.05) is 6.07 Å². The van der Waals surface area contributed by atoms with E-state index in [0.29, 0.717) is 50.3 Å². The molecule has 1 fully saturated rings. The van der Waals surface area contributed by atoms with Crippen LogP contribution in [-0.2, 0) is 11.2 Å². The number of carbonyl (C=O) groups is 3. The number of nitrogens with one attached hydrogen (secondary N) is 1. The van der Waals surface area contributed by atoms with Gasteiger partial charge in [0.2, 0.25) is 5.91 Å². The Kier molecular flexibility index (Phi) is 4.20. The van der Waals surface area contributed by atoms with Crippen LogP contribution in [0.2, 0.25) is 0 Å². The van der Waals surface area contributed by atoms with Gasteiger partial charge in [-0.05, 0) is 42.3 Å². The van der Waals surface area contributed by atoms with Crippen LogP contribution in [0.3, 0.4) is 0 Å². The molecular formula is C19H19N3O4. The summed E-state index contributed by atoms with van der Waals surface area (Å²) in [6.45, 7) is 1.93. The Morgan fingerprint density at radius 3 is 2.38 bits per heavy atom. The van der Waals surface area contributed by atoms with E-state index >= 15 is 0 Å². The summed E-state index contributed by atoms with van der Waals surface area (Å²) in [5, 5.41) is 2.82. The smallest absolute Gasteiger partial charge is 0.289 e. The molecule has 0 radical (unpaired) electrons. The quantitative estimate of drug-likeness (QED) is 0.892. The molecule has 2 aromatic rings. The van der Waals surface area contributed by atoms with Crippen LogP contribution in [0.4, 0.5) is 5.69 Å². The number of rotatable bonds is 2. The zero-order valence-corrected chi connectivity index (χ0v) is 14.2. The molecule has 1 aromatic carbocycles. The van der Waals surface area contributed by atoms with Crippen LogP contribution in [-0.4, -0.2) is 53.7 Å². The molecule has 3 heterocycles. The summed E-state index contributed by atoms with van der Waals surface area (Å²) in [6, 6.07) is 8.72. The van der Waals surface area contributed by atoms with Gasteiger partial charge < -0.3 is 19.5 Å². The summed E-state index contributed by atoms with van der Waals surface area (Å²) in [5.74, 6) is 0.136. The molecule has 1 N–H and O–H groups in total. The van der Waals surface area contributed by atoms with E-state index in [9.17, 15) is 14.4 Å². The minimum Gasteiger partial charge on any atom is -0.459 e. The molecule has 2 aliphatic heterocycles. The first-order valence-electron chi connectivity index (χ1n) is 8.66. The van der Waals surface area contributed by atoms with Crippen molar-refractivity contribution in [1.29, 1.82) is 0 Å². The highest BCUT2D eigenvalue weighted by Crippen LogP contribution is 2.24. The summed E-state index contributed by atoms with van der Waals surface area (Å²) < 4.78 is 5.15. The molecule has 0 bridgehead atoms. The fraction of sp³-hybridized carbons (Fsp3) is 0.316. The minimum atomic E-state index is -0.147. The third-order valence-corrected chi connectivity index (χ3v) is 4.83. The van der Waals surface area contributed by atoms with Crippen LogP contribution in [0, 0.1) is 0 Å². The highest BCUT2D eigenvalue weighted by molar-refractivity contribution is 5.98. The summed E-state index contributed by atoms with van der Waals surface area (Å²) in [6.07, 6.45) is 2.57. The Hall–Kier alpha value is -3.09. The Balaban J connectivity index is 1.41. The summed E-state index contributed by atoms with van der Waals surface area (Å²) in [5.41, 5.74) is 2.39. The molecule has 7 heteroatoms. The van der Waals surface area contributed by atoms with Gasteiger partial charge in [0, 0.05) is 43.9 Å². The number of amides is 3. The van der Waals surface area contributed by atoms with Crippen molar-refractivity contribution in [2.75, 3.05) is 31.5 Å². The highest BCUT2D eigenvalue weighted by atomic mass is 16.3. The molecule has 0 unspecified atom stereocenters. The largest absolute Gasteiger partial charge is 0.459 e. The number of furan rings is 1. The monoisotopic (exact) mass is 353 g/mol. The second kappa shape index (κ2) is 6.67. The average molecular weight is 353 g/mol. The van der Waals surface area contributed by atoms with Crippen molar-refractivity contribution in [1.82, 2.24) is 9.80 Å². The molecule has 26 heavy (non-hydrogen) atoms. The zero-order chi connectivity index (χ0) is 18.1. The Labute approximate surface area is 150 Å². The Morgan fingerprint density at radius 2 is 1.69 bits per heavy atom. The number of piperazine rings is 1. The normalized spacial score (nSPS) is 16.8. The van der Waals surface area contributed by atoms with Gasteiger partial charge in [-0.25, -0.2) is 0 Å². The van der Waals surface area contributed by atoms with Gasteiger partial charge >= 0.3 is 0 Å². The Morgan fingerprint density at radius 1 is 0.962 bits per heavy atom. The van der Waals surface area contributed by atoms with Crippen molar-refractivity contribution in [2.24, 2.45) is 0 Å². The summed E-state index contributed by atoms with van der Waals surface area (Å²) >= 11 is 0. The number of fused-ring (bicyclic) bond motifs is 1. The second-order valence-electron chi connectivity index (χ2n) is 6.48. The van der Waals surface area contributed by atoms with Crippen molar-refractivity contribution < 1.29 is 18.8 Å². The van der Waals surface area contributed by atoms with Crippen LogP contribution in [0.1, 0.15) is 32.9 Å². The molecule has 4 rings (SSSR count). The maximum atomic E-state index is 12.8. The van der Waals surface area contributed by atoms with Crippen molar-refractivity contribution in [3.63, 3.8) is 0 Å². The lowest BCUT2D eigenvalue weighted by Gasteiger charge is -2.34. The van der Waals surface area contributed by atoms with Crippen molar-refractivity contribution >= 4 is 23.4 Å². The predicted octanol–water partition coefficient (Wildman–Crippen LogP) is 1.76. The molecular weight excluding hydrogens is 334 g/mol. The molecule has 2 aliphatic rings. The number of aryl methyl sites for hydroxylation is 1. The first-order chi connectivity index (χ1) is 12.6. The molecule has 0 aliphatic carbocycles. The number of nitrogens with zero attached hydrogens (tertiary/aromatic N) is 2. The fourth-order valence-corrected chi connectivity index (χ4v) is 3.37. The maximum Gasteiger partial charge on any atom is 0.289 e. The van der Waals surface area contributed by atoms with Gasteiger partial charge in [-0.15, -0.1) is 0 Å². The van der Waals surface area contributed by atoms with Gasteiger partial charge in [-0.2, -0.15) is 0 Å². The standard InChI is InChI=1S/C19H19N3O4/c23-17-6-4-13-12-14(3-5-15(13)20-17)18(24)21-7-9-22(10-8-21)19(25)16-2-1-11-26-16/h1-3,5,11-12H,4,6-10H2,(H,20,23). The molecule has 0 saturated carbocycles. The lowest BCUT2D eigenvalue weighted by atomic mass is 10.00. The van der Waals surface area contributed by atoms with Crippen molar-refractivity contribution in [3.05, 3.63) is 53.5 Å². The average Bonchev–Trinajstić information content (AvgIpc) is 3.21. The molecule has 3 amide bonds. The van der Waals surface area contributed by atoms with Crippen molar-refractivity contribution in [3.8, 4) is 0 Å². The van der Waals surface area contributed by atoms with E-state index in [1.165, 1.54) is 6.26 Å². The van der Waals surface area contributed by atoms with Crippen LogP contribution in [0.5, 0.6) is 0 Å². The molecule has 0 spiro atoms. The zero-order valence-electron chi connectivity index (χ0n) is 14.2. The number of hydrogen-bond donors (Lipinski definition) is 1. The molecule has 1 aromatic heterocycles. The predicted molar refractivity (Wildman–Crippen MR) is 93.9 cm³/mol. The topological polar surface area (TPSA) is 82.9 Å². The first kappa shape index (κ1) is 16.4. The van der Waals surface area contributed by atoms with Gasteiger partial charge in [0.15, 0.2) is 5.76 Å². The lowest BCUT2D eigenvalue weighted by Crippen LogP contribution is -2.50. The van der Waals surface area contributed by atoms with Crippen LogP contribution in [0.25, 0.3) is 0 Å². The fourth-order valence-electron chi connectivity index (χ4n) is 3.37. The van der Waals surface area contributed by atoms with Gasteiger partial charge in [-0.3, -0.25) is 14.4 Å². The van der Waals surface area contributed by atoms with E-state index in [0.717, 1.165) is 11.3 Å². The van der Waals surface area contributed by atoms with Crippen LogP contribution in [0.15, 0.2) is 41.0 Å². The minimum absolute atomic E-state index is 0.00826. The number of carbonyl (C=O) groups excluding carboxylic acids is 3. The third kappa shape index (κ3) is 3.08. The van der Waals surface area contributed by atoms with E-state index in [4.69, 9.17) is 4.42 Å². The first-order valence-corrected chi connectivity index (χ1v) is 8.66. The van der Waals surface area contributed by atoms with E-state index < -0.39 is 0 Å². The second-order valence-corrected chi connectivity index (χ2v) is 6.48. The van der Waals surface area contributed by atoms with Crippen LogP contribution >= 0.6 is 0 Å². The molecule has 1 saturated heterocycles. The molecule has 134 valence electrons. The van der Waals surface area contributed by atoms with Crippen molar-refractivity contribution in [2.45, 2.75) is 12.8 Å². The third-order valence-electron chi connectivity index (χ3n) is 4.83. The van der Waals surface area contributed by atoms with E-state index in [1.54, 1.807) is 34.1 Å². The van der Waals surface area contributed by atoms with Gasteiger partial charge in [0.1, 0.15) is 0 Å². The van der Waals surface area contributed by atoms with Gasteiger partial charge in [0.25, 0.3) is 11.8 Å². The number of benzene rings is 1. The molecule has 7 nitrogen and oxygen atoms in total. The summed E-state index contributed by atoms with van der Waals surface area (Å²) in [7, 11) is 0. The number of anilines is 1. The van der Waals surface area contributed by atoms with Crippen LogP contribution < -0.4 is 5.32 Å². The lowest BCUT2D eigenvalue weighted by molar-refractivity contribution is -0.116. The van der Waals surface area contributed by atoms with E-state index in [2.05, 4.69) is 5.32 Å². The Bertz CT molecular complexity index is 852. The highest BCUT2D eigenvalue weighted by Gasteiger charge is 2.27. The number of hydrogen-bond acceptors (Lipinski definition) is 4. The van der Waals surface area contributed by atoms with Gasteiger partial charge in [0.05, 0.1) is 6.26 Å². The SMILES string of the molecule is O=C1CCc2cc(C(=O)N3CCN(C(=O)c4ccco4)CC3)ccc2N1.